The van der Waals surface area contributed by atoms with Crippen LogP contribution in [0.1, 0.15) is 44.7 Å². The Balaban J connectivity index is 1.39. The lowest BCUT2D eigenvalue weighted by Crippen LogP contribution is -2.50. The van der Waals surface area contributed by atoms with E-state index in [0.717, 1.165) is 31.7 Å². The zero-order chi connectivity index (χ0) is 20.9. The highest BCUT2D eigenvalue weighted by Gasteiger charge is 2.26. The molecule has 2 aromatic rings. The molecule has 0 radical (unpaired) electrons. The van der Waals surface area contributed by atoms with Gasteiger partial charge >= 0.3 is 0 Å². The van der Waals surface area contributed by atoms with Crippen molar-refractivity contribution in [1.29, 1.82) is 0 Å². The van der Waals surface area contributed by atoms with Crippen molar-refractivity contribution in [1.82, 2.24) is 14.7 Å². The zero-order valence-electron chi connectivity index (χ0n) is 17.8. The second-order valence-electron chi connectivity index (χ2n) is 8.42. The number of benzene rings is 2. The quantitative estimate of drug-likeness (QED) is 0.693. The number of hydrogen-bond donors (Lipinski definition) is 0. The first-order valence-corrected chi connectivity index (χ1v) is 11.1. The number of carbonyl (C=O) groups is 2. The number of piperazine rings is 1. The summed E-state index contributed by atoms with van der Waals surface area (Å²) in [5.41, 5.74) is 2.72. The molecular weight excluding hydrogens is 374 g/mol. The predicted octanol–water partition coefficient (Wildman–Crippen LogP) is 3.08. The second kappa shape index (κ2) is 9.54. The van der Waals surface area contributed by atoms with E-state index >= 15 is 0 Å². The fourth-order valence-electron chi connectivity index (χ4n) is 4.36. The van der Waals surface area contributed by atoms with Crippen LogP contribution < -0.4 is 0 Å². The first-order chi connectivity index (χ1) is 14.6. The maximum Gasteiger partial charge on any atom is 0.254 e. The van der Waals surface area contributed by atoms with Crippen molar-refractivity contribution >= 4 is 11.7 Å². The van der Waals surface area contributed by atoms with E-state index in [1.165, 1.54) is 25.9 Å². The highest BCUT2D eigenvalue weighted by molar-refractivity contribution is 6.15. The van der Waals surface area contributed by atoms with Gasteiger partial charge in [-0.15, -0.1) is 0 Å². The standard InChI is InChI=1S/C25H31N3O2/c1-20-8-10-21(11-9-20)24(29)22-6-2-3-7-23(22)25(30)28-18-16-27(17-19-28)15-14-26-12-4-5-13-26/h2-3,6-11H,4-5,12-19H2,1H3. The minimum Gasteiger partial charge on any atom is -0.336 e. The predicted molar refractivity (Wildman–Crippen MR) is 119 cm³/mol. The topological polar surface area (TPSA) is 43.9 Å². The van der Waals surface area contributed by atoms with Crippen LogP contribution in [-0.4, -0.2) is 78.7 Å². The van der Waals surface area contributed by atoms with Gasteiger partial charge in [-0.3, -0.25) is 14.5 Å². The van der Waals surface area contributed by atoms with E-state index in [1.807, 2.05) is 48.2 Å². The van der Waals surface area contributed by atoms with Crippen molar-refractivity contribution in [3.63, 3.8) is 0 Å². The van der Waals surface area contributed by atoms with Crippen LogP contribution in [0.5, 0.6) is 0 Å². The molecule has 2 aliphatic heterocycles. The lowest BCUT2D eigenvalue weighted by Gasteiger charge is -2.35. The minimum atomic E-state index is -0.0943. The molecule has 1 amide bonds. The van der Waals surface area contributed by atoms with E-state index in [2.05, 4.69) is 9.80 Å². The van der Waals surface area contributed by atoms with E-state index < -0.39 is 0 Å². The summed E-state index contributed by atoms with van der Waals surface area (Å²) in [5.74, 6) is -0.131. The number of likely N-dealkylation sites (tertiary alicyclic amines) is 1. The molecule has 0 unspecified atom stereocenters. The molecule has 0 spiro atoms. The fourth-order valence-corrected chi connectivity index (χ4v) is 4.36. The molecule has 2 heterocycles. The van der Waals surface area contributed by atoms with Crippen LogP contribution in [0.15, 0.2) is 48.5 Å². The molecule has 30 heavy (non-hydrogen) atoms. The Bertz CT molecular complexity index is 880. The maximum absolute atomic E-state index is 13.2. The van der Waals surface area contributed by atoms with Gasteiger partial charge in [0.1, 0.15) is 0 Å². The molecule has 4 rings (SSSR count). The molecule has 2 saturated heterocycles. The van der Waals surface area contributed by atoms with Gasteiger partial charge in [0.25, 0.3) is 5.91 Å². The van der Waals surface area contributed by atoms with Gasteiger partial charge in [0, 0.05) is 50.4 Å². The third-order valence-corrected chi connectivity index (χ3v) is 6.31. The van der Waals surface area contributed by atoms with Gasteiger partial charge in [-0.25, -0.2) is 0 Å². The van der Waals surface area contributed by atoms with E-state index in [-0.39, 0.29) is 11.7 Å². The molecule has 0 bridgehead atoms. The average molecular weight is 406 g/mol. The fraction of sp³-hybridized carbons (Fsp3) is 0.440. The third kappa shape index (κ3) is 4.79. The maximum atomic E-state index is 13.2. The van der Waals surface area contributed by atoms with Gasteiger partial charge in [-0.2, -0.15) is 0 Å². The van der Waals surface area contributed by atoms with Crippen molar-refractivity contribution in [2.45, 2.75) is 19.8 Å². The van der Waals surface area contributed by atoms with Crippen molar-refractivity contribution in [3.05, 3.63) is 70.8 Å². The zero-order valence-corrected chi connectivity index (χ0v) is 17.8. The summed E-state index contributed by atoms with van der Waals surface area (Å²) in [6.07, 6.45) is 2.64. The highest BCUT2D eigenvalue weighted by Crippen LogP contribution is 2.18. The van der Waals surface area contributed by atoms with Crippen LogP contribution in [0.2, 0.25) is 0 Å². The number of nitrogens with zero attached hydrogens (tertiary/aromatic N) is 3. The van der Waals surface area contributed by atoms with Gasteiger partial charge in [-0.1, -0.05) is 48.0 Å². The molecule has 0 aliphatic carbocycles. The van der Waals surface area contributed by atoms with Crippen molar-refractivity contribution in [3.8, 4) is 0 Å². The Morgan fingerprint density at radius 1 is 0.733 bits per heavy atom. The number of ketones is 1. The first-order valence-electron chi connectivity index (χ1n) is 11.1. The number of hydrogen-bond acceptors (Lipinski definition) is 4. The van der Waals surface area contributed by atoms with Gasteiger partial charge in [-0.05, 0) is 38.9 Å². The molecule has 2 fully saturated rings. The Hall–Kier alpha value is -2.50. The SMILES string of the molecule is Cc1ccc(C(=O)c2ccccc2C(=O)N2CCN(CCN3CCCC3)CC2)cc1. The number of aryl methyl sites for hydroxylation is 1. The normalized spacial score (nSPS) is 18.0. The van der Waals surface area contributed by atoms with Gasteiger partial charge in [0.05, 0.1) is 5.56 Å². The number of carbonyl (C=O) groups excluding carboxylic acids is 2. The van der Waals surface area contributed by atoms with Crippen LogP contribution in [-0.2, 0) is 0 Å². The molecule has 5 nitrogen and oxygen atoms in total. The van der Waals surface area contributed by atoms with Gasteiger partial charge in [0.15, 0.2) is 5.78 Å². The summed E-state index contributed by atoms with van der Waals surface area (Å²) in [6, 6.07) is 14.7. The molecule has 2 aromatic carbocycles. The van der Waals surface area contributed by atoms with E-state index in [4.69, 9.17) is 0 Å². The molecule has 158 valence electrons. The van der Waals surface area contributed by atoms with Crippen molar-refractivity contribution in [2.24, 2.45) is 0 Å². The Morgan fingerprint density at radius 2 is 1.30 bits per heavy atom. The molecule has 0 N–H and O–H groups in total. The first kappa shape index (κ1) is 20.8. The average Bonchev–Trinajstić information content (AvgIpc) is 3.31. The highest BCUT2D eigenvalue weighted by atomic mass is 16.2. The van der Waals surface area contributed by atoms with Gasteiger partial charge in [0.2, 0.25) is 0 Å². The van der Waals surface area contributed by atoms with E-state index in [0.29, 0.717) is 29.8 Å². The van der Waals surface area contributed by atoms with Gasteiger partial charge < -0.3 is 9.80 Å². The Kier molecular flexibility index (Phi) is 6.60. The smallest absolute Gasteiger partial charge is 0.254 e. The molecule has 2 aliphatic rings. The summed E-state index contributed by atoms with van der Waals surface area (Å²) in [7, 11) is 0. The summed E-state index contributed by atoms with van der Waals surface area (Å²) < 4.78 is 0. The van der Waals surface area contributed by atoms with Crippen LogP contribution in [0.4, 0.5) is 0 Å². The van der Waals surface area contributed by atoms with Crippen LogP contribution in [0.25, 0.3) is 0 Å². The Morgan fingerprint density at radius 3 is 1.93 bits per heavy atom. The molecular formula is C25H31N3O2. The lowest BCUT2D eigenvalue weighted by atomic mass is 9.97. The van der Waals surface area contributed by atoms with Crippen LogP contribution in [0.3, 0.4) is 0 Å². The Labute approximate surface area is 179 Å². The lowest BCUT2D eigenvalue weighted by molar-refractivity contribution is 0.0624. The summed E-state index contributed by atoms with van der Waals surface area (Å²) in [5, 5.41) is 0. The molecule has 0 atom stereocenters. The number of rotatable bonds is 6. The largest absolute Gasteiger partial charge is 0.336 e. The molecule has 5 heteroatoms. The van der Waals surface area contributed by atoms with Crippen molar-refractivity contribution < 1.29 is 9.59 Å². The third-order valence-electron chi connectivity index (χ3n) is 6.31. The summed E-state index contributed by atoms with van der Waals surface area (Å²) in [6.45, 7) is 9.87. The summed E-state index contributed by atoms with van der Waals surface area (Å²) in [4.78, 5) is 33.2. The summed E-state index contributed by atoms with van der Waals surface area (Å²) >= 11 is 0. The van der Waals surface area contributed by atoms with E-state index in [1.54, 1.807) is 12.1 Å². The van der Waals surface area contributed by atoms with Crippen LogP contribution in [0, 0.1) is 6.92 Å². The van der Waals surface area contributed by atoms with Crippen molar-refractivity contribution in [2.75, 3.05) is 52.4 Å². The van der Waals surface area contributed by atoms with E-state index in [9.17, 15) is 9.59 Å². The second-order valence-corrected chi connectivity index (χ2v) is 8.42. The van der Waals surface area contributed by atoms with Crippen LogP contribution >= 0.6 is 0 Å². The molecule has 0 aromatic heterocycles. The molecule has 0 saturated carbocycles. The monoisotopic (exact) mass is 405 g/mol. The number of amides is 1. The minimum absolute atomic E-state index is 0.0368.